The predicted molar refractivity (Wildman–Crippen MR) is 107 cm³/mol. The SMILES string of the molecule is CN=C(NCC1C=Cc2ccccc2C1)c1ccc2ccccc2c1. The van der Waals surface area contributed by atoms with E-state index < -0.39 is 0 Å². The molecule has 1 unspecified atom stereocenters. The van der Waals surface area contributed by atoms with Gasteiger partial charge in [-0.3, -0.25) is 4.99 Å². The van der Waals surface area contributed by atoms with Crippen LogP contribution in [0.4, 0.5) is 0 Å². The van der Waals surface area contributed by atoms with Gasteiger partial charge in [-0.25, -0.2) is 0 Å². The van der Waals surface area contributed by atoms with Gasteiger partial charge >= 0.3 is 0 Å². The summed E-state index contributed by atoms with van der Waals surface area (Å²) in [6, 6.07) is 23.6. The molecule has 3 aromatic rings. The average molecular weight is 326 g/mol. The van der Waals surface area contributed by atoms with Crippen molar-refractivity contribution >= 4 is 22.7 Å². The maximum absolute atomic E-state index is 4.48. The topological polar surface area (TPSA) is 24.4 Å². The van der Waals surface area contributed by atoms with Crippen LogP contribution in [0.5, 0.6) is 0 Å². The van der Waals surface area contributed by atoms with Gasteiger partial charge in [-0.05, 0) is 40.3 Å². The molecule has 1 N–H and O–H groups in total. The minimum atomic E-state index is 0.493. The van der Waals surface area contributed by atoms with Crippen LogP contribution < -0.4 is 5.32 Å². The highest BCUT2D eigenvalue weighted by Crippen LogP contribution is 2.22. The summed E-state index contributed by atoms with van der Waals surface area (Å²) in [5.74, 6) is 1.45. The molecule has 0 aromatic heterocycles. The second-order valence-electron chi connectivity index (χ2n) is 6.54. The minimum absolute atomic E-state index is 0.493. The minimum Gasteiger partial charge on any atom is -0.369 e. The Labute approximate surface area is 148 Å². The van der Waals surface area contributed by atoms with E-state index in [4.69, 9.17) is 0 Å². The van der Waals surface area contributed by atoms with Crippen molar-refractivity contribution < 1.29 is 0 Å². The summed E-state index contributed by atoms with van der Waals surface area (Å²) in [6.45, 7) is 0.893. The molecule has 0 saturated heterocycles. The highest BCUT2D eigenvalue weighted by molar-refractivity contribution is 6.02. The number of nitrogens with zero attached hydrogens (tertiary/aromatic N) is 1. The molecule has 0 heterocycles. The van der Waals surface area contributed by atoms with E-state index in [1.54, 1.807) is 0 Å². The van der Waals surface area contributed by atoms with Crippen molar-refractivity contribution in [1.29, 1.82) is 0 Å². The number of amidine groups is 1. The lowest BCUT2D eigenvalue weighted by molar-refractivity contribution is 0.620. The number of aliphatic imine (C=N–C) groups is 1. The Bertz CT molecular complexity index is 953. The summed E-state index contributed by atoms with van der Waals surface area (Å²) in [7, 11) is 1.85. The fraction of sp³-hybridized carbons (Fsp3) is 0.174. The summed E-state index contributed by atoms with van der Waals surface area (Å²) in [4.78, 5) is 4.48. The normalized spacial score (nSPS) is 16.7. The van der Waals surface area contributed by atoms with Crippen LogP contribution in [0.15, 0.2) is 77.8 Å². The molecule has 0 fully saturated rings. The van der Waals surface area contributed by atoms with Crippen LogP contribution in [0.3, 0.4) is 0 Å². The summed E-state index contributed by atoms with van der Waals surface area (Å²) >= 11 is 0. The Morgan fingerprint density at radius 3 is 2.68 bits per heavy atom. The van der Waals surface area contributed by atoms with Crippen molar-refractivity contribution in [3.8, 4) is 0 Å². The van der Waals surface area contributed by atoms with E-state index in [0.29, 0.717) is 5.92 Å². The fourth-order valence-electron chi connectivity index (χ4n) is 3.49. The lowest BCUT2D eigenvalue weighted by Crippen LogP contribution is -2.31. The third-order valence-corrected chi connectivity index (χ3v) is 4.86. The van der Waals surface area contributed by atoms with Gasteiger partial charge in [0.2, 0.25) is 0 Å². The number of fused-ring (bicyclic) bond motifs is 2. The molecule has 1 atom stereocenters. The third-order valence-electron chi connectivity index (χ3n) is 4.86. The maximum atomic E-state index is 4.48. The van der Waals surface area contributed by atoms with Crippen LogP contribution in [-0.2, 0) is 6.42 Å². The van der Waals surface area contributed by atoms with Gasteiger partial charge < -0.3 is 5.32 Å². The molecule has 2 nitrogen and oxygen atoms in total. The molecule has 2 heteroatoms. The molecule has 0 aliphatic heterocycles. The van der Waals surface area contributed by atoms with E-state index in [-0.39, 0.29) is 0 Å². The highest BCUT2D eigenvalue weighted by Gasteiger charge is 2.14. The van der Waals surface area contributed by atoms with Gasteiger partial charge in [-0.1, -0.05) is 72.8 Å². The Kier molecular flexibility index (Phi) is 4.34. The van der Waals surface area contributed by atoms with Gasteiger partial charge in [0.05, 0.1) is 0 Å². The second-order valence-corrected chi connectivity index (χ2v) is 6.54. The average Bonchev–Trinajstić information content (AvgIpc) is 2.68. The van der Waals surface area contributed by atoms with Crippen LogP contribution in [0, 0.1) is 5.92 Å². The summed E-state index contributed by atoms with van der Waals surface area (Å²) in [6.07, 6.45) is 5.63. The Balaban J connectivity index is 1.48. The monoisotopic (exact) mass is 326 g/mol. The lowest BCUT2D eigenvalue weighted by atomic mass is 9.89. The number of benzene rings is 3. The molecule has 0 spiro atoms. The number of nitrogens with one attached hydrogen (secondary N) is 1. The second kappa shape index (κ2) is 6.94. The van der Waals surface area contributed by atoms with E-state index in [2.05, 4.69) is 89.2 Å². The molecule has 4 rings (SSSR count). The maximum Gasteiger partial charge on any atom is 0.128 e. The molecular formula is C23H22N2. The lowest BCUT2D eigenvalue weighted by Gasteiger charge is -2.21. The van der Waals surface area contributed by atoms with Gasteiger partial charge in [0, 0.05) is 19.2 Å². The van der Waals surface area contributed by atoms with Gasteiger partial charge in [0.25, 0.3) is 0 Å². The summed E-state index contributed by atoms with van der Waals surface area (Å²) in [5, 5.41) is 6.05. The molecule has 25 heavy (non-hydrogen) atoms. The van der Waals surface area contributed by atoms with Crippen molar-refractivity contribution in [2.24, 2.45) is 10.9 Å². The first-order valence-corrected chi connectivity index (χ1v) is 8.79. The van der Waals surface area contributed by atoms with E-state index in [1.807, 2.05) is 7.05 Å². The van der Waals surface area contributed by atoms with Crippen LogP contribution in [-0.4, -0.2) is 19.4 Å². The largest absolute Gasteiger partial charge is 0.369 e. The van der Waals surface area contributed by atoms with Crippen molar-refractivity contribution in [3.05, 3.63) is 89.5 Å². The van der Waals surface area contributed by atoms with Crippen LogP contribution in [0.1, 0.15) is 16.7 Å². The molecule has 124 valence electrons. The van der Waals surface area contributed by atoms with E-state index in [1.165, 1.54) is 21.9 Å². The molecule has 1 aliphatic rings. The number of hydrogen-bond donors (Lipinski definition) is 1. The molecule has 0 saturated carbocycles. The first-order valence-electron chi connectivity index (χ1n) is 8.79. The zero-order valence-corrected chi connectivity index (χ0v) is 14.4. The van der Waals surface area contributed by atoms with Crippen molar-refractivity contribution in [3.63, 3.8) is 0 Å². The first-order chi connectivity index (χ1) is 12.3. The van der Waals surface area contributed by atoms with Gasteiger partial charge in [-0.15, -0.1) is 0 Å². The molecule has 0 radical (unpaired) electrons. The first kappa shape index (κ1) is 15.6. The predicted octanol–water partition coefficient (Wildman–Crippen LogP) is 4.69. The number of rotatable bonds is 3. The molecule has 1 aliphatic carbocycles. The fourth-order valence-corrected chi connectivity index (χ4v) is 3.49. The Morgan fingerprint density at radius 2 is 1.80 bits per heavy atom. The van der Waals surface area contributed by atoms with Gasteiger partial charge in [0.15, 0.2) is 0 Å². The standard InChI is InChI=1S/C23H22N2/c1-24-23(22-13-12-19-7-3-5-9-21(19)15-22)25-16-17-10-11-18-6-2-4-8-20(18)14-17/h2-13,15,17H,14,16H2,1H3,(H,24,25). The summed E-state index contributed by atoms with van der Waals surface area (Å²) < 4.78 is 0. The molecule has 0 amide bonds. The van der Waals surface area contributed by atoms with Crippen LogP contribution >= 0.6 is 0 Å². The van der Waals surface area contributed by atoms with Gasteiger partial charge in [0.1, 0.15) is 5.84 Å². The van der Waals surface area contributed by atoms with Crippen LogP contribution in [0.2, 0.25) is 0 Å². The van der Waals surface area contributed by atoms with E-state index >= 15 is 0 Å². The van der Waals surface area contributed by atoms with E-state index in [9.17, 15) is 0 Å². The van der Waals surface area contributed by atoms with Crippen molar-refractivity contribution in [2.75, 3.05) is 13.6 Å². The van der Waals surface area contributed by atoms with E-state index in [0.717, 1.165) is 24.4 Å². The molecular weight excluding hydrogens is 304 g/mol. The van der Waals surface area contributed by atoms with Crippen LogP contribution in [0.25, 0.3) is 16.8 Å². The Morgan fingerprint density at radius 1 is 1.00 bits per heavy atom. The zero-order chi connectivity index (χ0) is 17.1. The van der Waals surface area contributed by atoms with Crippen molar-refractivity contribution in [1.82, 2.24) is 5.32 Å². The molecule has 3 aromatic carbocycles. The summed E-state index contributed by atoms with van der Waals surface area (Å²) in [5.41, 5.74) is 3.91. The molecule has 0 bridgehead atoms. The highest BCUT2D eigenvalue weighted by atomic mass is 15.0. The quantitative estimate of drug-likeness (QED) is 0.548. The number of hydrogen-bond acceptors (Lipinski definition) is 1. The van der Waals surface area contributed by atoms with Gasteiger partial charge in [-0.2, -0.15) is 0 Å². The van der Waals surface area contributed by atoms with Crippen molar-refractivity contribution in [2.45, 2.75) is 6.42 Å². The zero-order valence-electron chi connectivity index (χ0n) is 14.4. The smallest absolute Gasteiger partial charge is 0.128 e. The third kappa shape index (κ3) is 3.34. The Hall–Kier alpha value is -2.87.